The van der Waals surface area contributed by atoms with Gasteiger partial charge in [0.1, 0.15) is 16.7 Å². The molecule has 0 saturated heterocycles. The molecule has 1 amide bonds. The number of carbonyl (C=O) groups is 1. The number of hydrogen-bond acceptors (Lipinski definition) is 8. The number of anilines is 2. The Morgan fingerprint density at radius 1 is 1.14 bits per heavy atom. The van der Waals surface area contributed by atoms with Gasteiger partial charge in [0.2, 0.25) is 11.3 Å². The van der Waals surface area contributed by atoms with Gasteiger partial charge in [0.05, 0.1) is 6.04 Å². The first-order chi connectivity index (χ1) is 16.9. The number of ether oxygens (including phenoxy) is 1. The molecule has 1 saturated carbocycles. The number of nitrogens with two attached hydrogens (primary N) is 1. The van der Waals surface area contributed by atoms with E-state index in [4.69, 9.17) is 22.1 Å². The smallest absolute Gasteiger partial charge is 0.281 e. The zero-order chi connectivity index (χ0) is 24.5. The van der Waals surface area contributed by atoms with E-state index in [1.54, 1.807) is 10.9 Å². The monoisotopic (exact) mass is 493 g/mol. The van der Waals surface area contributed by atoms with Crippen molar-refractivity contribution in [2.45, 2.75) is 18.9 Å². The summed E-state index contributed by atoms with van der Waals surface area (Å²) in [7, 11) is 0. The van der Waals surface area contributed by atoms with Crippen LogP contribution >= 0.6 is 11.6 Å². The molecular formula is C23H17ClFN7O3. The normalized spacial score (nSPS) is 12.9. The van der Waals surface area contributed by atoms with Crippen LogP contribution in [0.2, 0.25) is 5.02 Å². The highest BCUT2D eigenvalue weighted by Crippen LogP contribution is 2.34. The van der Waals surface area contributed by atoms with Gasteiger partial charge in [0.15, 0.2) is 17.3 Å². The first-order valence-corrected chi connectivity index (χ1v) is 10.9. The molecule has 0 spiro atoms. The Hall–Kier alpha value is -4.38. The summed E-state index contributed by atoms with van der Waals surface area (Å²) in [6.45, 7) is 0. The summed E-state index contributed by atoms with van der Waals surface area (Å²) in [6.07, 6.45) is 4.80. The second-order valence-electron chi connectivity index (χ2n) is 7.76. The predicted molar refractivity (Wildman–Crippen MR) is 126 cm³/mol. The second-order valence-corrected chi connectivity index (χ2v) is 8.14. The van der Waals surface area contributed by atoms with Crippen LogP contribution in [0.15, 0.2) is 59.7 Å². The largest absolute Gasteiger partial charge is 0.436 e. The van der Waals surface area contributed by atoms with Crippen molar-refractivity contribution in [1.29, 1.82) is 0 Å². The Kier molecular flexibility index (Phi) is 5.83. The SMILES string of the molecule is Nc1nccc(Oc2ccc(NC(=O)c3nn(C4CC4)cc(-c4ccc(F)cc4)c3=O)nn2)c1Cl. The summed E-state index contributed by atoms with van der Waals surface area (Å²) in [4.78, 5) is 29.9. The van der Waals surface area contributed by atoms with Gasteiger partial charge in [-0.1, -0.05) is 23.7 Å². The van der Waals surface area contributed by atoms with Crippen molar-refractivity contribution < 1.29 is 13.9 Å². The molecule has 0 unspecified atom stereocenters. The molecule has 3 heterocycles. The number of aromatic nitrogens is 5. The molecule has 3 aromatic heterocycles. The molecule has 0 bridgehead atoms. The third-order valence-electron chi connectivity index (χ3n) is 5.20. The van der Waals surface area contributed by atoms with Crippen molar-refractivity contribution in [3.05, 3.63) is 81.6 Å². The highest BCUT2D eigenvalue weighted by Gasteiger charge is 2.27. The molecule has 4 aromatic rings. The zero-order valence-electron chi connectivity index (χ0n) is 18.0. The Morgan fingerprint density at radius 3 is 2.60 bits per heavy atom. The number of rotatable bonds is 6. The average molecular weight is 494 g/mol. The van der Waals surface area contributed by atoms with Crippen molar-refractivity contribution >= 4 is 29.1 Å². The highest BCUT2D eigenvalue weighted by atomic mass is 35.5. The van der Waals surface area contributed by atoms with Crippen LogP contribution in [-0.2, 0) is 0 Å². The van der Waals surface area contributed by atoms with Gasteiger partial charge in [-0.3, -0.25) is 14.3 Å². The van der Waals surface area contributed by atoms with Gasteiger partial charge >= 0.3 is 0 Å². The maximum absolute atomic E-state index is 13.4. The number of halogens is 2. The van der Waals surface area contributed by atoms with Crippen LogP contribution in [0.1, 0.15) is 29.4 Å². The van der Waals surface area contributed by atoms with Crippen LogP contribution < -0.4 is 21.2 Å². The van der Waals surface area contributed by atoms with E-state index in [1.807, 2.05) is 0 Å². The van der Waals surface area contributed by atoms with E-state index in [2.05, 4.69) is 25.6 Å². The number of benzene rings is 1. The van der Waals surface area contributed by atoms with E-state index in [0.29, 0.717) is 5.56 Å². The first-order valence-electron chi connectivity index (χ1n) is 10.5. The number of hydrogen-bond donors (Lipinski definition) is 2. The summed E-state index contributed by atoms with van der Waals surface area (Å²) in [5, 5.41) is 14.7. The van der Waals surface area contributed by atoms with Crippen molar-refractivity contribution in [1.82, 2.24) is 25.0 Å². The fourth-order valence-corrected chi connectivity index (χ4v) is 3.42. The molecule has 1 aliphatic rings. The quantitative estimate of drug-likeness (QED) is 0.413. The maximum atomic E-state index is 13.4. The molecule has 12 heteroatoms. The number of carbonyl (C=O) groups excluding carboxylic acids is 1. The van der Waals surface area contributed by atoms with Gasteiger partial charge in [-0.05, 0) is 36.6 Å². The molecule has 1 fully saturated rings. The molecular weight excluding hydrogens is 477 g/mol. The number of nitrogens with zero attached hydrogens (tertiary/aromatic N) is 5. The van der Waals surface area contributed by atoms with Gasteiger partial charge in [0, 0.05) is 30.1 Å². The predicted octanol–water partition coefficient (Wildman–Crippen LogP) is 3.85. The third kappa shape index (κ3) is 4.80. The Balaban J connectivity index is 1.39. The van der Waals surface area contributed by atoms with Crippen molar-refractivity contribution in [3.63, 3.8) is 0 Å². The molecule has 35 heavy (non-hydrogen) atoms. The van der Waals surface area contributed by atoms with Gasteiger partial charge in [-0.15, -0.1) is 10.2 Å². The molecule has 5 rings (SSSR count). The maximum Gasteiger partial charge on any atom is 0.281 e. The topological polar surface area (TPSA) is 138 Å². The van der Waals surface area contributed by atoms with Gasteiger partial charge in [-0.2, -0.15) is 5.10 Å². The summed E-state index contributed by atoms with van der Waals surface area (Å²) in [6, 6.07) is 10.00. The number of amides is 1. The fraction of sp³-hybridized carbons (Fsp3) is 0.130. The molecule has 3 N–H and O–H groups in total. The summed E-state index contributed by atoms with van der Waals surface area (Å²) >= 11 is 6.06. The zero-order valence-corrected chi connectivity index (χ0v) is 18.7. The van der Waals surface area contributed by atoms with E-state index in [9.17, 15) is 14.0 Å². The van der Waals surface area contributed by atoms with Crippen LogP contribution in [0.5, 0.6) is 11.6 Å². The Morgan fingerprint density at radius 2 is 1.91 bits per heavy atom. The third-order valence-corrected chi connectivity index (χ3v) is 5.58. The average Bonchev–Trinajstić information content (AvgIpc) is 3.70. The number of nitrogen functional groups attached to an aromatic ring is 1. The minimum Gasteiger partial charge on any atom is -0.436 e. The molecule has 10 nitrogen and oxygen atoms in total. The van der Waals surface area contributed by atoms with Crippen LogP contribution in [-0.4, -0.2) is 30.9 Å². The lowest BCUT2D eigenvalue weighted by molar-refractivity contribution is 0.101. The van der Waals surface area contributed by atoms with Crippen LogP contribution in [0, 0.1) is 5.82 Å². The van der Waals surface area contributed by atoms with E-state index in [1.165, 1.54) is 48.7 Å². The minimum absolute atomic E-state index is 0.0778. The highest BCUT2D eigenvalue weighted by molar-refractivity contribution is 6.34. The minimum atomic E-state index is -0.749. The van der Waals surface area contributed by atoms with Crippen LogP contribution in [0.4, 0.5) is 16.0 Å². The molecule has 0 aliphatic heterocycles. The standard InChI is InChI=1S/C23H17ClFN7O3/c24-19-16(9-10-27-22(19)26)35-18-8-7-17(29-30-18)28-23(34)20-21(33)15(11-32(31-20)14-5-6-14)12-1-3-13(25)4-2-12/h1-4,7-11,14H,5-6H2,(H2,26,27)(H,28,29,34). The number of nitrogens with one attached hydrogen (secondary N) is 1. The lowest BCUT2D eigenvalue weighted by atomic mass is 10.1. The van der Waals surface area contributed by atoms with E-state index in [-0.39, 0.29) is 45.6 Å². The fourth-order valence-electron chi connectivity index (χ4n) is 3.27. The van der Waals surface area contributed by atoms with Gasteiger partial charge in [-0.25, -0.2) is 9.37 Å². The number of pyridine rings is 1. The summed E-state index contributed by atoms with van der Waals surface area (Å²) in [5.41, 5.74) is 5.50. The second kappa shape index (κ2) is 9.11. The van der Waals surface area contributed by atoms with Gasteiger partial charge in [0.25, 0.3) is 5.91 Å². The van der Waals surface area contributed by atoms with E-state index < -0.39 is 17.2 Å². The van der Waals surface area contributed by atoms with Crippen LogP contribution in [0.25, 0.3) is 11.1 Å². The Labute approximate surface area is 202 Å². The first kappa shape index (κ1) is 22.4. The van der Waals surface area contributed by atoms with E-state index >= 15 is 0 Å². The molecule has 176 valence electrons. The molecule has 1 aliphatic carbocycles. The molecule has 0 radical (unpaired) electrons. The van der Waals surface area contributed by atoms with Crippen molar-refractivity contribution in [3.8, 4) is 22.8 Å². The lowest BCUT2D eigenvalue weighted by Gasteiger charge is -2.11. The van der Waals surface area contributed by atoms with E-state index in [0.717, 1.165) is 12.8 Å². The lowest BCUT2D eigenvalue weighted by Crippen LogP contribution is -2.28. The van der Waals surface area contributed by atoms with Crippen molar-refractivity contribution in [2.24, 2.45) is 0 Å². The summed E-state index contributed by atoms with van der Waals surface area (Å²) < 4.78 is 20.5. The molecule has 1 aromatic carbocycles. The Bertz CT molecular complexity index is 1470. The van der Waals surface area contributed by atoms with Gasteiger partial charge < -0.3 is 15.8 Å². The van der Waals surface area contributed by atoms with Crippen LogP contribution in [0.3, 0.4) is 0 Å². The van der Waals surface area contributed by atoms with Crippen molar-refractivity contribution in [2.75, 3.05) is 11.1 Å². The molecule has 0 atom stereocenters. The summed E-state index contributed by atoms with van der Waals surface area (Å²) in [5.74, 6) is -0.650.